The molecular formula is C15H11F4N5OS. The van der Waals surface area contributed by atoms with Gasteiger partial charge in [0.05, 0.1) is 17.4 Å². The summed E-state index contributed by atoms with van der Waals surface area (Å²) in [5, 5.41) is 7.21. The summed E-state index contributed by atoms with van der Waals surface area (Å²) in [4.78, 5) is 15.8. The molecule has 3 rings (SSSR count). The summed E-state index contributed by atoms with van der Waals surface area (Å²) in [6, 6.07) is 1.01. The van der Waals surface area contributed by atoms with Crippen LogP contribution in [0.25, 0.3) is 11.1 Å². The van der Waals surface area contributed by atoms with Crippen molar-refractivity contribution in [3.63, 3.8) is 0 Å². The zero-order valence-electron chi connectivity index (χ0n) is 12.9. The number of nitrogens with zero attached hydrogens (tertiary/aromatic N) is 3. The molecule has 0 aliphatic heterocycles. The van der Waals surface area contributed by atoms with Crippen molar-refractivity contribution in [1.29, 1.82) is 0 Å². The Morgan fingerprint density at radius 3 is 2.77 bits per heavy atom. The number of nitrogens with one attached hydrogen (secondary N) is 1. The summed E-state index contributed by atoms with van der Waals surface area (Å²) in [7, 11) is 0. The maximum atomic E-state index is 14.8. The first-order valence-electron chi connectivity index (χ1n) is 7.14. The van der Waals surface area contributed by atoms with Crippen molar-refractivity contribution in [2.75, 3.05) is 11.1 Å². The van der Waals surface area contributed by atoms with Gasteiger partial charge in [-0.2, -0.15) is 5.10 Å². The van der Waals surface area contributed by atoms with Crippen LogP contribution in [0.2, 0.25) is 0 Å². The first kappa shape index (κ1) is 17.9. The van der Waals surface area contributed by atoms with Crippen molar-refractivity contribution in [3.05, 3.63) is 46.7 Å². The van der Waals surface area contributed by atoms with E-state index in [1.54, 1.807) is 0 Å². The van der Waals surface area contributed by atoms with Gasteiger partial charge in [0.15, 0.2) is 11.6 Å². The molecule has 0 bridgehead atoms. The number of nitrogen functional groups attached to an aromatic ring is 1. The maximum absolute atomic E-state index is 14.8. The molecule has 2 heterocycles. The molecule has 11 heteroatoms. The van der Waals surface area contributed by atoms with Crippen LogP contribution in [0.1, 0.15) is 10.5 Å². The number of hydrogen-bond acceptors (Lipinski definition) is 5. The molecule has 136 valence electrons. The Bertz CT molecular complexity index is 942. The number of hydrogen-bond donors (Lipinski definition) is 2. The Hall–Kier alpha value is -2.95. The van der Waals surface area contributed by atoms with Crippen LogP contribution in [0.5, 0.6) is 0 Å². The van der Waals surface area contributed by atoms with E-state index in [1.807, 2.05) is 0 Å². The lowest BCUT2D eigenvalue weighted by Crippen LogP contribution is -2.16. The van der Waals surface area contributed by atoms with E-state index in [0.29, 0.717) is 0 Å². The predicted octanol–water partition coefficient (Wildman–Crippen LogP) is 3.38. The van der Waals surface area contributed by atoms with Crippen molar-refractivity contribution in [3.8, 4) is 11.1 Å². The Balaban J connectivity index is 1.98. The van der Waals surface area contributed by atoms with Gasteiger partial charge in [-0.1, -0.05) is 0 Å². The fraction of sp³-hybridized carbons (Fsp3) is 0.133. The molecular weight excluding hydrogens is 374 g/mol. The molecule has 0 aliphatic carbocycles. The standard InChI is InChI=1S/C15H11F4N5OS/c16-11(17)4-24-3-7(2-22-24)8-1-9(20)13(19)14(12(8)18)23-15(25)10-5-26-6-21-10/h1-3,5-6,11H,4,20H2,(H,23,25). The molecule has 26 heavy (non-hydrogen) atoms. The van der Waals surface area contributed by atoms with E-state index in [2.05, 4.69) is 15.4 Å². The van der Waals surface area contributed by atoms with Crippen LogP contribution in [0.3, 0.4) is 0 Å². The van der Waals surface area contributed by atoms with Crippen molar-refractivity contribution in [2.45, 2.75) is 13.0 Å². The second kappa shape index (κ2) is 7.12. The van der Waals surface area contributed by atoms with Gasteiger partial charge in [0.1, 0.15) is 17.9 Å². The largest absolute Gasteiger partial charge is 0.396 e. The van der Waals surface area contributed by atoms with Crippen LogP contribution in [0.15, 0.2) is 29.4 Å². The highest BCUT2D eigenvalue weighted by Gasteiger charge is 2.22. The normalized spacial score (nSPS) is 11.1. The molecule has 6 nitrogen and oxygen atoms in total. The predicted molar refractivity (Wildman–Crippen MR) is 88.1 cm³/mol. The summed E-state index contributed by atoms with van der Waals surface area (Å²) in [6.45, 7) is -0.675. The fourth-order valence-corrected chi connectivity index (χ4v) is 2.76. The van der Waals surface area contributed by atoms with Gasteiger partial charge in [-0.3, -0.25) is 9.48 Å². The average Bonchev–Trinajstić information content (AvgIpc) is 3.26. The lowest BCUT2D eigenvalue weighted by molar-refractivity contribution is 0.102. The van der Waals surface area contributed by atoms with Crippen molar-refractivity contribution >= 4 is 28.6 Å². The maximum Gasteiger partial charge on any atom is 0.275 e. The van der Waals surface area contributed by atoms with E-state index in [9.17, 15) is 22.4 Å². The third-order valence-corrected chi connectivity index (χ3v) is 3.99. The number of benzene rings is 1. The molecule has 0 aliphatic rings. The molecule has 3 aromatic rings. The Morgan fingerprint density at radius 2 is 2.12 bits per heavy atom. The first-order chi connectivity index (χ1) is 12.4. The molecule has 0 fully saturated rings. The lowest BCUT2D eigenvalue weighted by atomic mass is 10.1. The van der Waals surface area contributed by atoms with Gasteiger partial charge in [0.2, 0.25) is 0 Å². The van der Waals surface area contributed by atoms with Gasteiger partial charge in [0.25, 0.3) is 12.3 Å². The number of aromatic nitrogens is 3. The van der Waals surface area contributed by atoms with Gasteiger partial charge in [-0.05, 0) is 6.07 Å². The number of thiazole rings is 1. The number of alkyl halides is 2. The second-order valence-corrected chi connectivity index (χ2v) is 5.90. The number of halogens is 4. The number of nitrogens with two attached hydrogens (primary N) is 1. The molecule has 1 amide bonds. The molecule has 0 unspecified atom stereocenters. The summed E-state index contributed by atoms with van der Waals surface area (Å²) < 4.78 is 54.7. The van der Waals surface area contributed by atoms with Gasteiger partial charge in [-0.15, -0.1) is 11.3 Å². The van der Waals surface area contributed by atoms with Crippen molar-refractivity contribution in [2.24, 2.45) is 0 Å². The number of carbonyl (C=O) groups excluding carboxylic acids is 1. The molecule has 0 radical (unpaired) electrons. The minimum Gasteiger partial charge on any atom is -0.396 e. The quantitative estimate of drug-likeness (QED) is 0.521. The SMILES string of the molecule is Nc1cc(-c2cnn(CC(F)F)c2)c(F)c(NC(=O)c2cscn2)c1F. The van der Waals surface area contributed by atoms with Crippen LogP contribution in [-0.4, -0.2) is 27.1 Å². The van der Waals surface area contributed by atoms with E-state index in [1.165, 1.54) is 17.1 Å². The van der Waals surface area contributed by atoms with Crippen LogP contribution in [0, 0.1) is 11.6 Å². The van der Waals surface area contributed by atoms with Gasteiger partial charge in [-0.25, -0.2) is 22.5 Å². The molecule has 0 atom stereocenters. The van der Waals surface area contributed by atoms with E-state index < -0.39 is 41.9 Å². The van der Waals surface area contributed by atoms with E-state index in [0.717, 1.165) is 28.3 Å². The highest BCUT2D eigenvalue weighted by Crippen LogP contribution is 2.34. The molecule has 2 aromatic heterocycles. The smallest absolute Gasteiger partial charge is 0.275 e. The Morgan fingerprint density at radius 1 is 1.35 bits per heavy atom. The van der Waals surface area contributed by atoms with Crippen LogP contribution >= 0.6 is 11.3 Å². The van der Waals surface area contributed by atoms with E-state index >= 15 is 0 Å². The molecule has 3 N–H and O–H groups in total. The second-order valence-electron chi connectivity index (χ2n) is 5.19. The number of amides is 1. The van der Waals surface area contributed by atoms with Crippen molar-refractivity contribution < 1.29 is 22.4 Å². The number of rotatable bonds is 5. The Kier molecular flexibility index (Phi) is 4.89. The minimum absolute atomic E-state index is 0.0115. The van der Waals surface area contributed by atoms with Crippen molar-refractivity contribution in [1.82, 2.24) is 14.8 Å². The number of carbonyl (C=O) groups is 1. The highest BCUT2D eigenvalue weighted by molar-refractivity contribution is 7.07. The van der Waals surface area contributed by atoms with Gasteiger partial charge >= 0.3 is 0 Å². The summed E-state index contributed by atoms with van der Waals surface area (Å²) in [5.74, 6) is -3.05. The van der Waals surface area contributed by atoms with Gasteiger partial charge < -0.3 is 11.1 Å². The average molecular weight is 385 g/mol. The van der Waals surface area contributed by atoms with E-state index in [-0.39, 0.29) is 16.8 Å². The molecule has 0 saturated carbocycles. The highest BCUT2D eigenvalue weighted by atomic mass is 32.1. The van der Waals surface area contributed by atoms with Crippen LogP contribution in [0.4, 0.5) is 28.9 Å². The molecule has 1 aromatic carbocycles. The van der Waals surface area contributed by atoms with E-state index in [4.69, 9.17) is 5.73 Å². The zero-order valence-corrected chi connectivity index (χ0v) is 13.7. The topological polar surface area (TPSA) is 85.8 Å². The third kappa shape index (κ3) is 3.52. The fourth-order valence-electron chi connectivity index (χ4n) is 2.22. The summed E-state index contributed by atoms with van der Waals surface area (Å²) >= 11 is 1.14. The lowest BCUT2D eigenvalue weighted by Gasteiger charge is -2.12. The van der Waals surface area contributed by atoms with Gasteiger partial charge in [0, 0.05) is 22.7 Å². The third-order valence-electron chi connectivity index (χ3n) is 3.40. The van der Waals surface area contributed by atoms with Crippen LogP contribution in [-0.2, 0) is 6.54 Å². The zero-order chi connectivity index (χ0) is 18.8. The summed E-state index contributed by atoms with van der Waals surface area (Å²) in [6.07, 6.45) is -0.322. The minimum atomic E-state index is -2.64. The first-order valence-corrected chi connectivity index (χ1v) is 8.09. The number of anilines is 2. The molecule has 0 spiro atoms. The Labute approximate surface area is 148 Å². The molecule has 0 saturated heterocycles. The summed E-state index contributed by atoms with van der Waals surface area (Å²) in [5.41, 5.74) is 5.69. The van der Waals surface area contributed by atoms with Crippen LogP contribution < -0.4 is 11.1 Å². The monoisotopic (exact) mass is 385 g/mol.